The van der Waals surface area contributed by atoms with Crippen LogP contribution in [0, 0.1) is 5.41 Å². The highest BCUT2D eigenvalue weighted by Crippen LogP contribution is 2.38. The maximum Gasteiger partial charge on any atom is 0.162 e. The Balaban J connectivity index is 2.27. The number of benzene rings is 1. The van der Waals surface area contributed by atoms with Gasteiger partial charge in [-0.2, -0.15) is 0 Å². The lowest BCUT2D eigenvalue weighted by Gasteiger charge is -2.35. The highest BCUT2D eigenvalue weighted by atomic mass is 16.6. The fraction of sp³-hybridized carbons (Fsp3) is 0.600. The molecule has 0 saturated carbocycles. The molecule has 2 rings (SSSR count). The normalized spacial score (nSPS) is 19.5. The molecule has 1 aromatic carbocycles. The number of ether oxygens (including phenoxy) is 2. The van der Waals surface area contributed by atoms with Crippen molar-refractivity contribution >= 4 is 0 Å². The van der Waals surface area contributed by atoms with Gasteiger partial charge >= 0.3 is 0 Å². The van der Waals surface area contributed by atoms with Gasteiger partial charge in [0.05, 0.1) is 0 Å². The van der Waals surface area contributed by atoms with Crippen LogP contribution in [0.15, 0.2) is 18.2 Å². The molecule has 2 heteroatoms. The maximum atomic E-state index is 6.06. The smallest absolute Gasteiger partial charge is 0.162 e. The van der Waals surface area contributed by atoms with Crippen molar-refractivity contribution in [2.75, 3.05) is 6.61 Å². The van der Waals surface area contributed by atoms with E-state index in [2.05, 4.69) is 46.8 Å². The first-order valence-electron chi connectivity index (χ1n) is 6.31. The Morgan fingerprint density at radius 2 is 1.88 bits per heavy atom. The van der Waals surface area contributed by atoms with Crippen LogP contribution in [-0.2, 0) is 0 Å². The fourth-order valence-corrected chi connectivity index (χ4v) is 1.87. The molecule has 1 aromatic rings. The molecule has 0 fully saturated rings. The summed E-state index contributed by atoms with van der Waals surface area (Å²) in [6.45, 7) is 11.5. The Morgan fingerprint density at radius 3 is 2.47 bits per heavy atom. The Morgan fingerprint density at radius 1 is 1.18 bits per heavy atom. The van der Waals surface area contributed by atoms with Crippen LogP contribution in [0.25, 0.3) is 0 Å². The Bertz CT molecular complexity index is 402. The van der Waals surface area contributed by atoms with E-state index in [4.69, 9.17) is 9.47 Å². The Kier molecular flexibility index (Phi) is 3.07. The summed E-state index contributed by atoms with van der Waals surface area (Å²) in [5.41, 5.74) is 1.40. The monoisotopic (exact) mass is 234 g/mol. The summed E-state index contributed by atoms with van der Waals surface area (Å²) in [6.07, 6.45) is 0.123. The third-order valence-electron chi connectivity index (χ3n) is 3.26. The van der Waals surface area contributed by atoms with Crippen LogP contribution in [0.2, 0.25) is 0 Å². The molecule has 1 aliphatic heterocycles. The van der Waals surface area contributed by atoms with Crippen LogP contribution in [0.1, 0.15) is 46.1 Å². The zero-order chi connectivity index (χ0) is 12.6. The molecule has 1 heterocycles. The standard InChI is InChI=1S/C15H22O2/c1-10(2)11-6-7-12-13(8-11)17-14(9-16-12)15(3,4)5/h6-8,10,14H,9H2,1-5H3. The fourth-order valence-electron chi connectivity index (χ4n) is 1.87. The molecule has 2 nitrogen and oxygen atoms in total. The summed E-state index contributed by atoms with van der Waals surface area (Å²) in [5.74, 6) is 2.27. The van der Waals surface area contributed by atoms with Gasteiger partial charge in [-0.25, -0.2) is 0 Å². The van der Waals surface area contributed by atoms with Gasteiger partial charge in [-0.1, -0.05) is 40.7 Å². The van der Waals surface area contributed by atoms with E-state index >= 15 is 0 Å². The minimum atomic E-state index is 0.103. The van der Waals surface area contributed by atoms with Crippen LogP contribution in [0.5, 0.6) is 11.5 Å². The Hall–Kier alpha value is -1.18. The summed E-state index contributed by atoms with van der Waals surface area (Å²) in [4.78, 5) is 0. The van der Waals surface area contributed by atoms with E-state index in [-0.39, 0.29) is 11.5 Å². The molecule has 0 bridgehead atoms. The first-order chi connectivity index (χ1) is 7.88. The average Bonchev–Trinajstić information content (AvgIpc) is 2.26. The van der Waals surface area contributed by atoms with E-state index in [1.165, 1.54) is 5.56 Å². The molecule has 94 valence electrons. The van der Waals surface area contributed by atoms with Gasteiger partial charge < -0.3 is 9.47 Å². The van der Waals surface area contributed by atoms with E-state index in [0.717, 1.165) is 11.5 Å². The molecule has 0 N–H and O–H groups in total. The molecule has 0 aromatic heterocycles. The van der Waals surface area contributed by atoms with Crippen molar-refractivity contribution < 1.29 is 9.47 Å². The lowest BCUT2D eigenvalue weighted by molar-refractivity contribution is 0.0162. The topological polar surface area (TPSA) is 18.5 Å². The zero-order valence-corrected chi connectivity index (χ0v) is 11.4. The van der Waals surface area contributed by atoms with E-state index in [0.29, 0.717) is 12.5 Å². The molecular weight excluding hydrogens is 212 g/mol. The maximum absolute atomic E-state index is 6.06. The van der Waals surface area contributed by atoms with Crippen molar-refractivity contribution in [1.82, 2.24) is 0 Å². The van der Waals surface area contributed by atoms with Gasteiger partial charge in [0.25, 0.3) is 0 Å². The van der Waals surface area contributed by atoms with Crippen LogP contribution < -0.4 is 9.47 Å². The van der Waals surface area contributed by atoms with Crippen molar-refractivity contribution in [3.05, 3.63) is 23.8 Å². The highest BCUT2D eigenvalue weighted by Gasteiger charge is 2.31. The van der Waals surface area contributed by atoms with E-state index in [9.17, 15) is 0 Å². The lowest BCUT2D eigenvalue weighted by Crippen LogP contribution is -2.40. The van der Waals surface area contributed by atoms with Gasteiger partial charge in [0.1, 0.15) is 12.7 Å². The van der Waals surface area contributed by atoms with Gasteiger partial charge in [-0.15, -0.1) is 0 Å². The SMILES string of the molecule is CC(C)c1ccc2c(c1)OC(C(C)(C)C)CO2. The van der Waals surface area contributed by atoms with E-state index in [1.807, 2.05) is 6.07 Å². The number of hydrogen-bond acceptors (Lipinski definition) is 2. The van der Waals surface area contributed by atoms with Gasteiger partial charge in [0.15, 0.2) is 11.5 Å². The minimum absolute atomic E-state index is 0.103. The molecule has 0 radical (unpaired) electrons. The predicted molar refractivity (Wildman–Crippen MR) is 69.9 cm³/mol. The number of rotatable bonds is 1. The van der Waals surface area contributed by atoms with Crippen molar-refractivity contribution in [3.8, 4) is 11.5 Å². The summed E-state index contributed by atoms with van der Waals surface area (Å²) in [7, 11) is 0. The summed E-state index contributed by atoms with van der Waals surface area (Å²) in [5, 5.41) is 0. The van der Waals surface area contributed by atoms with E-state index < -0.39 is 0 Å². The van der Waals surface area contributed by atoms with Crippen LogP contribution >= 0.6 is 0 Å². The van der Waals surface area contributed by atoms with Crippen molar-refractivity contribution in [2.45, 2.75) is 46.6 Å². The van der Waals surface area contributed by atoms with E-state index in [1.54, 1.807) is 0 Å². The van der Waals surface area contributed by atoms with Gasteiger partial charge in [-0.3, -0.25) is 0 Å². The predicted octanol–water partition coefficient (Wildman–Crippen LogP) is 4.00. The van der Waals surface area contributed by atoms with Gasteiger partial charge in [-0.05, 0) is 23.6 Å². The van der Waals surface area contributed by atoms with Crippen molar-refractivity contribution in [2.24, 2.45) is 5.41 Å². The van der Waals surface area contributed by atoms with Gasteiger partial charge in [0.2, 0.25) is 0 Å². The van der Waals surface area contributed by atoms with Crippen molar-refractivity contribution in [1.29, 1.82) is 0 Å². The second kappa shape index (κ2) is 4.25. The Labute approximate surface area is 104 Å². The largest absolute Gasteiger partial charge is 0.486 e. The first-order valence-corrected chi connectivity index (χ1v) is 6.31. The minimum Gasteiger partial charge on any atom is -0.486 e. The molecule has 1 unspecified atom stereocenters. The second-order valence-corrected chi connectivity index (χ2v) is 6.14. The van der Waals surface area contributed by atoms with Crippen LogP contribution in [-0.4, -0.2) is 12.7 Å². The average molecular weight is 234 g/mol. The molecule has 0 spiro atoms. The second-order valence-electron chi connectivity index (χ2n) is 6.14. The third kappa shape index (κ3) is 2.56. The van der Waals surface area contributed by atoms with Crippen LogP contribution in [0.4, 0.5) is 0 Å². The number of hydrogen-bond donors (Lipinski definition) is 0. The molecule has 1 atom stereocenters. The highest BCUT2D eigenvalue weighted by molar-refractivity contribution is 5.45. The molecule has 0 aliphatic carbocycles. The molecule has 0 saturated heterocycles. The van der Waals surface area contributed by atoms with Gasteiger partial charge in [0, 0.05) is 5.41 Å². The molecule has 17 heavy (non-hydrogen) atoms. The van der Waals surface area contributed by atoms with Crippen molar-refractivity contribution in [3.63, 3.8) is 0 Å². The summed E-state index contributed by atoms with van der Waals surface area (Å²) < 4.78 is 11.8. The summed E-state index contributed by atoms with van der Waals surface area (Å²) >= 11 is 0. The zero-order valence-electron chi connectivity index (χ0n) is 11.4. The third-order valence-corrected chi connectivity index (χ3v) is 3.26. The lowest BCUT2D eigenvalue weighted by atomic mass is 9.89. The molecular formula is C15H22O2. The number of fused-ring (bicyclic) bond motifs is 1. The molecule has 0 amide bonds. The first kappa shape index (κ1) is 12.3. The molecule has 1 aliphatic rings. The quantitative estimate of drug-likeness (QED) is 0.731. The van der Waals surface area contributed by atoms with Crippen LogP contribution in [0.3, 0.4) is 0 Å². The summed E-state index contributed by atoms with van der Waals surface area (Å²) in [6, 6.07) is 6.24.